The number of hydrogen-bond acceptors (Lipinski definition) is 3. The highest BCUT2D eigenvalue weighted by Gasteiger charge is 2.05. The van der Waals surface area contributed by atoms with Crippen LogP contribution < -0.4 is 10.6 Å². The summed E-state index contributed by atoms with van der Waals surface area (Å²) in [6.07, 6.45) is 4.49. The molecule has 0 aliphatic heterocycles. The Labute approximate surface area is 118 Å². The van der Waals surface area contributed by atoms with E-state index in [1.807, 2.05) is 10.8 Å². The van der Waals surface area contributed by atoms with Crippen LogP contribution in [0.1, 0.15) is 49.4 Å². The topological polar surface area (TPSA) is 58.2 Å². The lowest BCUT2D eigenvalue weighted by molar-refractivity contribution is -0.121. The van der Waals surface area contributed by atoms with Crippen LogP contribution in [0.5, 0.6) is 0 Å². The van der Waals surface area contributed by atoms with Crippen molar-refractivity contribution in [2.24, 2.45) is 0 Å². The van der Waals surface area contributed by atoms with Gasteiger partial charge in [-0.1, -0.05) is 19.8 Å². The summed E-state index contributed by atoms with van der Waals surface area (Å²) >= 11 is 1.50. The van der Waals surface area contributed by atoms with E-state index in [-0.39, 0.29) is 11.8 Å². The fourth-order valence-corrected chi connectivity index (χ4v) is 2.27. The summed E-state index contributed by atoms with van der Waals surface area (Å²) in [5.41, 5.74) is 0.689. The smallest absolute Gasteiger partial charge is 0.252 e. The number of amides is 2. The predicted molar refractivity (Wildman–Crippen MR) is 78.4 cm³/mol. The van der Waals surface area contributed by atoms with Gasteiger partial charge in [0, 0.05) is 30.5 Å². The van der Waals surface area contributed by atoms with Crippen molar-refractivity contribution in [1.29, 1.82) is 0 Å². The second-order valence-electron chi connectivity index (χ2n) is 4.43. The van der Waals surface area contributed by atoms with Gasteiger partial charge in [0.1, 0.15) is 0 Å². The molecule has 0 fully saturated rings. The molecule has 0 aliphatic carbocycles. The maximum absolute atomic E-state index is 11.6. The molecule has 1 aromatic rings. The maximum atomic E-state index is 11.6. The van der Waals surface area contributed by atoms with Gasteiger partial charge >= 0.3 is 0 Å². The first kappa shape index (κ1) is 15.7. The van der Waals surface area contributed by atoms with Crippen molar-refractivity contribution in [3.05, 3.63) is 22.4 Å². The maximum Gasteiger partial charge on any atom is 0.252 e. The van der Waals surface area contributed by atoms with Gasteiger partial charge in [-0.15, -0.1) is 0 Å². The Bertz CT molecular complexity index is 377. The SMILES string of the molecule is CCCCCNC(=O)CCCNC(=O)c1ccsc1. The van der Waals surface area contributed by atoms with E-state index in [0.717, 1.165) is 25.8 Å². The molecule has 2 N–H and O–H groups in total. The summed E-state index contributed by atoms with van der Waals surface area (Å²) in [4.78, 5) is 23.0. The van der Waals surface area contributed by atoms with E-state index in [4.69, 9.17) is 0 Å². The Morgan fingerprint density at radius 1 is 1.16 bits per heavy atom. The van der Waals surface area contributed by atoms with Crippen LogP contribution in [-0.4, -0.2) is 24.9 Å². The van der Waals surface area contributed by atoms with Gasteiger partial charge in [0.25, 0.3) is 5.91 Å². The molecular weight excluding hydrogens is 260 g/mol. The van der Waals surface area contributed by atoms with E-state index < -0.39 is 0 Å². The zero-order valence-corrected chi connectivity index (χ0v) is 12.2. The molecule has 0 radical (unpaired) electrons. The minimum Gasteiger partial charge on any atom is -0.356 e. The van der Waals surface area contributed by atoms with Crippen molar-refractivity contribution in [1.82, 2.24) is 10.6 Å². The number of unbranched alkanes of at least 4 members (excludes halogenated alkanes) is 2. The molecule has 106 valence electrons. The third-order valence-electron chi connectivity index (χ3n) is 2.75. The Balaban J connectivity index is 2.01. The van der Waals surface area contributed by atoms with Gasteiger partial charge in [0.15, 0.2) is 0 Å². The van der Waals surface area contributed by atoms with E-state index in [1.165, 1.54) is 11.3 Å². The van der Waals surface area contributed by atoms with Crippen molar-refractivity contribution in [3.63, 3.8) is 0 Å². The molecule has 0 saturated heterocycles. The third-order valence-corrected chi connectivity index (χ3v) is 3.44. The quantitative estimate of drug-likeness (QED) is 0.684. The van der Waals surface area contributed by atoms with Crippen LogP contribution in [0.4, 0.5) is 0 Å². The molecule has 0 unspecified atom stereocenters. The van der Waals surface area contributed by atoms with Gasteiger partial charge < -0.3 is 10.6 Å². The molecule has 1 rings (SSSR count). The molecular formula is C14H22N2O2S. The first-order valence-corrected chi connectivity index (χ1v) is 7.75. The van der Waals surface area contributed by atoms with Crippen LogP contribution in [0, 0.1) is 0 Å². The second-order valence-corrected chi connectivity index (χ2v) is 5.21. The Kier molecular flexibility index (Phi) is 7.89. The molecule has 19 heavy (non-hydrogen) atoms. The van der Waals surface area contributed by atoms with Gasteiger partial charge in [-0.2, -0.15) is 11.3 Å². The Hall–Kier alpha value is -1.36. The van der Waals surface area contributed by atoms with Crippen molar-refractivity contribution in [2.75, 3.05) is 13.1 Å². The largest absolute Gasteiger partial charge is 0.356 e. The molecule has 0 saturated carbocycles. The van der Waals surface area contributed by atoms with Crippen molar-refractivity contribution < 1.29 is 9.59 Å². The van der Waals surface area contributed by atoms with Gasteiger partial charge in [-0.05, 0) is 24.3 Å². The summed E-state index contributed by atoms with van der Waals surface area (Å²) in [7, 11) is 0. The van der Waals surface area contributed by atoms with Gasteiger partial charge in [0.05, 0.1) is 0 Å². The normalized spacial score (nSPS) is 10.2. The summed E-state index contributed by atoms with van der Waals surface area (Å²) < 4.78 is 0. The minimum absolute atomic E-state index is 0.0652. The highest BCUT2D eigenvalue weighted by molar-refractivity contribution is 7.08. The minimum atomic E-state index is -0.0652. The lowest BCUT2D eigenvalue weighted by Crippen LogP contribution is -2.27. The van der Waals surface area contributed by atoms with Crippen molar-refractivity contribution in [3.8, 4) is 0 Å². The van der Waals surface area contributed by atoms with Crippen LogP contribution >= 0.6 is 11.3 Å². The molecule has 5 heteroatoms. The Morgan fingerprint density at radius 2 is 1.95 bits per heavy atom. The molecule has 0 atom stereocenters. The molecule has 0 bridgehead atoms. The zero-order valence-electron chi connectivity index (χ0n) is 11.4. The number of nitrogens with one attached hydrogen (secondary N) is 2. The predicted octanol–water partition coefficient (Wildman–Crippen LogP) is 2.56. The van der Waals surface area contributed by atoms with E-state index >= 15 is 0 Å². The third kappa shape index (κ3) is 6.96. The Morgan fingerprint density at radius 3 is 2.63 bits per heavy atom. The lowest BCUT2D eigenvalue weighted by atomic mass is 10.2. The monoisotopic (exact) mass is 282 g/mol. The van der Waals surface area contributed by atoms with Gasteiger partial charge in [0.2, 0.25) is 5.91 Å². The standard InChI is InChI=1S/C14H22N2O2S/c1-2-3-4-8-15-13(17)6-5-9-16-14(18)12-7-10-19-11-12/h7,10-11H,2-6,8-9H2,1H3,(H,15,17)(H,16,18). The summed E-state index contributed by atoms with van der Waals surface area (Å²) in [5, 5.41) is 9.38. The van der Waals surface area contributed by atoms with E-state index in [1.54, 1.807) is 6.07 Å². The molecule has 4 nitrogen and oxygen atoms in total. The summed E-state index contributed by atoms with van der Waals surface area (Å²) in [5.74, 6) is 0.00508. The van der Waals surface area contributed by atoms with E-state index in [9.17, 15) is 9.59 Å². The molecule has 0 spiro atoms. The second kappa shape index (κ2) is 9.55. The first-order valence-electron chi connectivity index (χ1n) is 6.81. The molecule has 1 heterocycles. The van der Waals surface area contributed by atoms with Crippen molar-refractivity contribution >= 4 is 23.2 Å². The van der Waals surface area contributed by atoms with E-state index in [2.05, 4.69) is 17.6 Å². The zero-order chi connectivity index (χ0) is 13.9. The fraction of sp³-hybridized carbons (Fsp3) is 0.571. The number of rotatable bonds is 9. The first-order chi connectivity index (χ1) is 9.24. The van der Waals surface area contributed by atoms with Crippen molar-refractivity contribution in [2.45, 2.75) is 39.0 Å². The van der Waals surface area contributed by atoms with Gasteiger partial charge in [-0.3, -0.25) is 9.59 Å². The molecule has 1 aromatic heterocycles. The van der Waals surface area contributed by atoms with E-state index in [0.29, 0.717) is 24.9 Å². The van der Waals surface area contributed by atoms with Crippen LogP contribution in [0.15, 0.2) is 16.8 Å². The molecule has 2 amide bonds. The molecule has 0 aromatic carbocycles. The average Bonchev–Trinajstić information content (AvgIpc) is 2.93. The lowest BCUT2D eigenvalue weighted by Gasteiger charge is -2.05. The number of thiophene rings is 1. The highest BCUT2D eigenvalue weighted by Crippen LogP contribution is 2.05. The van der Waals surface area contributed by atoms with Crippen LogP contribution in [0.25, 0.3) is 0 Å². The van der Waals surface area contributed by atoms with Crippen LogP contribution in [0.2, 0.25) is 0 Å². The summed E-state index contributed by atoms with van der Waals surface area (Å²) in [6.45, 7) is 3.43. The van der Waals surface area contributed by atoms with Crippen LogP contribution in [-0.2, 0) is 4.79 Å². The summed E-state index contributed by atoms with van der Waals surface area (Å²) in [6, 6.07) is 1.79. The van der Waals surface area contributed by atoms with Crippen LogP contribution in [0.3, 0.4) is 0 Å². The average molecular weight is 282 g/mol. The molecule has 0 aliphatic rings. The number of carbonyl (C=O) groups excluding carboxylic acids is 2. The fourth-order valence-electron chi connectivity index (χ4n) is 1.64. The van der Waals surface area contributed by atoms with Gasteiger partial charge in [-0.25, -0.2) is 0 Å². The highest BCUT2D eigenvalue weighted by atomic mass is 32.1. The number of hydrogen-bond donors (Lipinski definition) is 2. The number of carbonyl (C=O) groups is 2.